The van der Waals surface area contributed by atoms with E-state index in [2.05, 4.69) is 10.3 Å². The number of benzene rings is 1. The van der Waals surface area contributed by atoms with Crippen LogP contribution in [0.1, 0.15) is 5.56 Å². The number of hydrogen-bond acceptors (Lipinski definition) is 2. The van der Waals surface area contributed by atoms with Crippen LogP contribution in [0.4, 0.5) is 15.9 Å². The highest BCUT2D eigenvalue weighted by atomic mass is 35.5. The molecule has 18 heavy (non-hydrogen) atoms. The van der Waals surface area contributed by atoms with Crippen molar-refractivity contribution in [2.45, 2.75) is 6.92 Å². The molecule has 1 heterocycles. The summed E-state index contributed by atoms with van der Waals surface area (Å²) in [5.41, 5.74) is 1.05. The van der Waals surface area contributed by atoms with E-state index in [1.807, 2.05) is 0 Å². The molecule has 0 radical (unpaired) electrons. The van der Waals surface area contributed by atoms with Crippen molar-refractivity contribution in [2.24, 2.45) is 0 Å². The number of rotatable bonds is 2. The fourth-order valence-electron chi connectivity index (χ4n) is 1.44. The molecule has 0 spiro atoms. The molecule has 0 aliphatic heterocycles. The number of aromatic nitrogens is 1. The van der Waals surface area contributed by atoms with Gasteiger partial charge in [0.1, 0.15) is 11.0 Å². The number of hydrogen-bond donors (Lipinski definition) is 1. The number of nitrogens with one attached hydrogen (secondary N) is 1. The van der Waals surface area contributed by atoms with E-state index in [-0.39, 0.29) is 26.8 Å². The first-order valence-electron chi connectivity index (χ1n) is 5.02. The monoisotopic (exact) mass is 304 g/mol. The SMILES string of the molecule is Cc1cccc(F)c1Nc1nc(Cl)c(Cl)cc1Cl. The van der Waals surface area contributed by atoms with Gasteiger partial charge >= 0.3 is 0 Å². The summed E-state index contributed by atoms with van der Waals surface area (Å²) in [5.74, 6) is -0.127. The highest BCUT2D eigenvalue weighted by Crippen LogP contribution is 2.32. The maximum Gasteiger partial charge on any atom is 0.151 e. The van der Waals surface area contributed by atoms with Crippen LogP contribution in [0.2, 0.25) is 15.2 Å². The molecule has 0 amide bonds. The Balaban J connectivity index is 2.43. The predicted octanol–water partition coefficient (Wildman–Crippen LogP) is 5.23. The van der Waals surface area contributed by atoms with E-state index >= 15 is 0 Å². The van der Waals surface area contributed by atoms with E-state index in [0.717, 1.165) is 5.56 Å². The van der Waals surface area contributed by atoms with Gasteiger partial charge in [0.25, 0.3) is 0 Å². The summed E-state index contributed by atoms with van der Waals surface area (Å²) in [6.45, 7) is 1.77. The zero-order chi connectivity index (χ0) is 13.3. The largest absolute Gasteiger partial charge is 0.336 e. The molecule has 1 aromatic heterocycles. The van der Waals surface area contributed by atoms with E-state index in [9.17, 15) is 4.39 Å². The lowest BCUT2D eigenvalue weighted by atomic mass is 10.2. The van der Waals surface area contributed by atoms with E-state index in [0.29, 0.717) is 5.69 Å². The fourth-order valence-corrected chi connectivity index (χ4v) is 1.99. The summed E-state index contributed by atoms with van der Waals surface area (Å²) in [5, 5.41) is 3.44. The van der Waals surface area contributed by atoms with E-state index in [4.69, 9.17) is 34.8 Å². The minimum Gasteiger partial charge on any atom is -0.336 e. The Labute approximate surface area is 119 Å². The summed E-state index contributed by atoms with van der Waals surface area (Å²) in [6, 6.07) is 6.20. The van der Waals surface area contributed by atoms with Gasteiger partial charge < -0.3 is 5.32 Å². The molecule has 2 rings (SSSR count). The Bertz CT molecular complexity index is 582. The van der Waals surface area contributed by atoms with Crippen LogP contribution in [-0.2, 0) is 0 Å². The van der Waals surface area contributed by atoms with Crippen molar-refractivity contribution in [1.82, 2.24) is 4.98 Å². The molecular weight excluding hydrogens is 298 g/mol. The lowest BCUT2D eigenvalue weighted by Crippen LogP contribution is -1.99. The van der Waals surface area contributed by atoms with Crippen molar-refractivity contribution < 1.29 is 4.39 Å². The number of nitrogens with zero attached hydrogens (tertiary/aromatic N) is 1. The Hall–Kier alpha value is -1.03. The molecule has 1 N–H and O–H groups in total. The molecule has 6 heteroatoms. The molecule has 0 saturated heterocycles. The fraction of sp³-hybridized carbons (Fsp3) is 0.0833. The molecule has 0 aliphatic carbocycles. The standard InChI is InChI=1S/C12H8Cl3FN2/c1-6-3-2-4-9(16)10(6)17-12-8(14)5-7(13)11(15)18-12/h2-5H,1H3,(H,17,18). The van der Waals surface area contributed by atoms with E-state index in [1.165, 1.54) is 12.1 Å². The van der Waals surface area contributed by atoms with Crippen LogP contribution in [0.3, 0.4) is 0 Å². The van der Waals surface area contributed by atoms with E-state index < -0.39 is 0 Å². The van der Waals surface area contributed by atoms with Gasteiger partial charge in [0.2, 0.25) is 0 Å². The van der Waals surface area contributed by atoms with Gasteiger partial charge in [-0.05, 0) is 24.6 Å². The third-order valence-corrected chi connectivity index (χ3v) is 3.31. The van der Waals surface area contributed by atoms with Gasteiger partial charge in [0.05, 0.1) is 15.7 Å². The summed E-state index contributed by atoms with van der Waals surface area (Å²) in [6.07, 6.45) is 0. The average Bonchev–Trinajstić information content (AvgIpc) is 2.30. The van der Waals surface area contributed by atoms with E-state index in [1.54, 1.807) is 19.1 Å². The minimum atomic E-state index is -0.390. The van der Waals surface area contributed by atoms with Crippen LogP contribution >= 0.6 is 34.8 Å². The molecule has 0 atom stereocenters. The Morgan fingerprint density at radius 1 is 1.17 bits per heavy atom. The summed E-state index contributed by atoms with van der Waals surface area (Å²) in [7, 11) is 0. The molecule has 0 fully saturated rings. The number of halogens is 4. The summed E-state index contributed by atoms with van der Waals surface area (Å²) in [4.78, 5) is 3.97. The quantitative estimate of drug-likeness (QED) is 0.768. The molecule has 2 nitrogen and oxygen atoms in total. The average molecular weight is 306 g/mol. The van der Waals surface area contributed by atoms with Gasteiger partial charge in [-0.15, -0.1) is 0 Å². The van der Waals surface area contributed by atoms with Gasteiger partial charge in [-0.3, -0.25) is 0 Å². The zero-order valence-corrected chi connectivity index (χ0v) is 11.5. The zero-order valence-electron chi connectivity index (χ0n) is 9.27. The molecule has 2 aromatic rings. The van der Waals surface area contributed by atoms with Crippen molar-refractivity contribution in [2.75, 3.05) is 5.32 Å². The summed E-state index contributed by atoms with van der Waals surface area (Å²) < 4.78 is 13.7. The lowest BCUT2D eigenvalue weighted by Gasteiger charge is -2.11. The molecule has 0 bridgehead atoms. The number of anilines is 2. The van der Waals surface area contributed by atoms with Crippen molar-refractivity contribution in [1.29, 1.82) is 0 Å². The van der Waals surface area contributed by atoms with Crippen molar-refractivity contribution in [3.8, 4) is 0 Å². The third-order valence-electron chi connectivity index (χ3n) is 2.35. The van der Waals surface area contributed by atoms with Gasteiger partial charge in [-0.2, -0.15) is 0 Å². The first kappa shape index (κ1) is 13.4. The van der Waals surface area contributed by atoms with Crippen molar-refractivity contribution >= 4 is 46.3 Å². The molecule has 0 saturated carbocycles. The molecule has 0 unspecified atom stereocenters. The topological polar surface area (TPSA) is 24.9 Å². The lowest BCUT2D eigenvalue weighted by molar-refractivity contribution is 0.631. The van der Waals surface area contributed by atoms with Gasteiger partial charge in [0.15, 0.2) is 5.82 Å². The molecule has 1 aromatic carbocycles. The number of aryl methyl sites for hydroxylation is 1. The van der Waals surface area contributed by atoms with Gasteiger partial charge in [-0.1, -0.05) is 46.9 Å². The highest BCUT2D eigenvalue weighted by molar-refractivity contribution is 6.43. The molecule has 94 valence electrons. The van der Waals surface area contributed by atoms with Crippen LogP contribution < -0.4 is 5.32 Å². The third kappa shape index (κ3) is 2.69. The van der Waals surface area contributed by atoms with Gasteiger partial charge in [-0.25, -0.2) is 9.37 Å². The first-order chi connectivity index (χ1) is 8.49. The molecular formula is C12H8Cl3FN2. The Kier molecular flexibility index (Phi) is 3.95. The Morgan fingerprint density at radius 2 is 1.89 bits per heavy atom. The van der Waals surface area contributed by atoms with Crippen molar-refractivity contribution in [3.05, 3.63) is 50.8 Å². The van der Waals surface area contributed by atoms with Gasteiger partial charge in [0, 0.05) is 0 Å². The second-order valence-corrected chi connectivity index (χ2v) is 4.82. The normalized spacial score (nSPS) is 10.5. The van der Waals surface area contributed by atoms with Crippen LogP contribution in [0, 0.1) is 12.7 Å². The number of para-hydroxylation sites is 1. The second kappa shape index (κ2) is 5.31. The maximum atomic E-state index is 13.7. The first-order valence-corrected chi connectivity index (χ1v) is 6.16. The minimum absolute atomic E-state index is 0.109. The smallest absolute Gasteiger partial charge is 0.151 e. The second-order valence-electron chi connectivity index (χ2n) is 3.65. The van der Waals surface area contributed by atoms with Crippen molar-refractivity contribution in [3.63, 3.8) is 0 Å². The maximum absolute atomic E-state index is 13.7. The van der Waals surface area contributed by atoms with Crippen LogP contribution in [0.5, 0.6) is 0 Å². The van der Waals surface area contributed by atoms with Crippen LogP contribution in [-0.4, -0.2) is 4.98 Å². The predicted molar refractivity (Wildman–Crippen MR) is 73.7 cm³/mol. The summed E-state index contributed by atoms with van der Waals surface area (Å²) >= 11 is 17.5. The molecule has 0 aliphatic rings. The van der Waals surface area contributed by atoms with Crippen LogP contribution in [0.15, 0.2) is 24.3 Å². The highest BCUT2D eigenvalue weighted by Gasteiger charge is 2.11. The Morgan fingerprint density at radius 3 is 2.56 bits per heavy atom. The van der Waals surface area contributed by atoms with Crippen LogP contribution in [0.25, 0.3) is 0 Å². The number of pyridine rings is 1.